The molecule has 0 amide bonds. The number of hydrogen-bond acceptors (Lipinski definition) is 4. The van der Waals surface area contributed by atoms with Crippen LogP contribution >= 0.6 is 0 Å². The molecule has 1 aliphatic rings. The van der Waals surface area contributed by atoms with Crippen molar-refractivity contribution in [2.75, 3.05) is 0 Å². The summed E-state index contributed by atoms with van der Waals surface area (Å²) in [6.07, 6.45) is 0.849. The minimum Gasteiger partial charge on any atom is -0.450 e. The molecule has 1 aliphatic carbocycles. The molecule has 80 valence electrons. The Balaban J connectivity index is 2.58. The fourth-order valence-corrected chi connectivity index (χ4v) is 1.39. The summed E-state index contributed by atoms with van der Waals surface area (Å²) in [5, 5.41) is 27.1. The minimum absolute atomic E-state index is 0.246. The molecule has 1 rings (SSSR count). The van der Waals surface area contributed by atoms with Crippen LogP contribution in [0.1, 0.15) is 19.3 Å². The predicted octanol–water partition coefficient (Wildman–Crippen LogP) is 0.512. The highest BCUT2D eigenvalue weighted by atomic mass is 16.7. The van der Waals surface area contributed by atoms with Gasteiger partial charge in [0, 0.05) is 6.42 Å². The molecular weight excluding hydrogens is 188 g/mol. The van der Waals surface area contributed by atoms with Gasteiger partial charge >= 0.3 is 6.16 Å². The maximum atomic E-state index is 10.3. The summed E-state index contributed by atoms with van der Waals surface area (Å²) < 4.78 is 4.50. The van der Waals surface area contributed by atoms with E-state index in [2.05, 4.69) is 4.74 Å². The summed E-state index contributed by atoms with van der Waals surface area (Å²) >= 11 is 0. The molecule has 0 saturated heterocycles. The standard InChI is InChI=1S/C9H14O5/c10-6-1-2-7(11)5-8(4-3-6)14-9(12)13/h3-4,6-8,10-11H,1-2,5H2,(H,12,13)/b4-3+. The van der Waals surface area contributed by atoms with Gasteiger partial charge in [-0.25, -0.2) is 4.79 Å². The van der Waals surface area contributed by atoms with Crippen molar-refractivity contribution in [2.24, 2.45) is 0 Å². The van der Waals surface area contributed by atoms with Crippen molar-refractivity contribution in [3.05, 3.63) is 12.2 Å². The highest BCUT2D eigenvalue weighted by molar-refractivity contribution is 5.57. The lowest BCUT2D eigenvalue weighted by Crippen LogP contribution is -2.25. The zero-order valence-electron chi connectivity index (χ0n) is 7.67. The van der Waals surface area contributed by atoms with E-state index in [1.807, 2.05) is 0 Å². The Hall–Kier alpha value is -1.07. The number of rotatable bonds is 1. The lowest BCUT2D eigenvalue weighted by Gasteiger charge is -2.20. The van der Waals surface area contributed by atoms with E-state index in [-0.39, 0.29) is 6.42 Å². The third kappa shape index (κ3) is 3.76. The topological polar surface area (TPSA) is 87.0 Å². The molecule has 3 N–H and O–H groups in total. The number of hydrogen-bond donors (Lipinski definition) is 3. The number of carbonyl (C=O) groups is 1. The monoisotopic (exact) mass is 202 g/mol. The second-order valence-corrected chi connectivity index (χ2v) is 3.34. The maximum absolute atomic E-state index is 10.3. The number of aliphatic hydroxyl groups is 2. The molecule has 0 bridgehead atoms. The molecule has 3 atom stereocenters. The molecule has 0 aliphatic heterocycles. The van der Waals surface area contributed by atoms with Gasteiger partial charge in [0.25, 0.3) is 0 Å². The second-order valence-electron chi connectivity index (χ2n) is 3.34. The van der Waals surface area contributed by atoms with Gasteiger partial charge in [0.2, 0.25) is 0 Å². The summed E-state index contributed by atoms with van der Waals surface area (Å²) in [6, 6.07) is 0. The van der Waals surface area contributed by atoms with Crippen LogP contribution in [0, 0.1) is 0 Å². The van der Waals surface area contributed by atoms with Crippen LogP contribution in [0.4, 0.5) is 4.79 Å². The second kappa shape index (κ2) is 4.97. The zero-order chi connectivity index (χ0) is 10.6. The van der Waals surface area contributed by atoms with E-state index in [0.717, 1.165) is 0 Å². The molecule has 5 heteroatoms. The van der Waals surface area contributed by atoms with Crippen molar-refractivity contribution >= 4 is 6.16 Å². The van der Waals surface area contributed by atoms with E-state index < -0.39 is 24.5 Å². The first kappa shape index (κ1) is 11.0. The molecule has 5 nitrogen and oxygen atoms in total. The smallest absolute Gasteiger partial charge is 0.450 e. The van der Waals surface area contributed by atoms with Gasteiger partial charge in [-0.15, -0.1) is 0 Å². The minimum atomic E-state index is -1.37. The molecule has 14 heavy (non-hydrogen) atoms. The molecule has 0 aromatic heterocycles. The number of aliphatic hydroxyl groups excluding tert-OH is 2. The normalized spacial score (nSPS) is 35.4. The SMILES string of the molecule is O=C(O)OC1/C=C/C(O)CCC(O)C1. The van der Waals surface area contributed by atoms with Crippen LogP contribution in [0.15, 0.2) is 12.2 Å². The molecular formula is C9H14O5. The Labute approximate surface area is 81.6 Å². The molecule has 0 fully saturated rings. The van der Waals surface area contributed by atoms with Gasteiger partial charge in [-0.3, -0.25) is 0 Å². The van der Waals surface area contributed by atoms with Crippen LogP contribution in [-0.4, -0.2) is 39.8 Å². The Morgan fingerprint density at radius 3 is 2.64 bits per heavy atom. The highest BCUT2D eigenvalue weighted by Gasteiger charge is 2.19. The highest BCUT2D eigenvalue weighted by Crippen LogP contribution is 2.15. The van der Waals surface area contributed by atoms with Crippen molar-refractivity contribution in [1.82, 2.24) is 0 Å². The van der Waals surface area contributed by atoms with Gasteiger partial charge in [0.1, 0.15) is 6.10 Å². The molecule has 0 heterocycles. The predicted molar refractivity (Wildman–Crippen MR) is 47.9 cm³/mol. The number of ether oxygens (including phenoxy) is 1. The molecule has 0 radical (unpaired) electrons. The van der Waals surface area contributed by atoms with Gasteiger partial charge in [-0.2, -0.15) is 0 Å². The van der Waals surface area contributed by atoms with Crippen LogP contribution < -0.4 is 0 Å². The lowest BCUT2D eigenvalue weighted by molar-refractivity contribution is 0.0348. The summed E-state index contributed by atoms with van der Waals surface area (Å²) in [5.74, 6) is 0. The Kier molecular flexibility index (Phi) is 3.91. The summed E-state index contributed by atoms with van der Waals surface area (Å²) in [6.45, 7) is 0. The summed E-state index contributed by atoms with van der Waals surface area (Å²) in [5.41, 5.74) is 0. The summed E-state index contributed by atoms with van der Waals surface area (Å²) in [4.78, 5) is 10.3. The molecule has 0 saturated carbocycles. The van der Waals surface area contributed by atoms with Gasteiger partial charge in [0.15, 0.2) is 0 Å². The van der Waals surface area contributed by atoms with E-state index in [1.165, 1.54) is 12.2 Å². The average molecular weight is 202 g/mol. The average Bonchev–Trinajstić information content (AvgIpc) is 2.08. The molecule has 0 aromatic rings. The van der Waals surface area contributed by atoms with E-state index in [1.54, 1.807) is 0 Å². The molecule has 0 aromatic carbocycles. The van der Waals surface area contributed by atoms with Gasteiger partial charge in [-0.05, 0) is 18.9 Å². The maximum Gasteiger partial charge on any atom is 0.506 e. The van der Waals surface area contributed by atoms with Gasteiger partial charge in [-0.1, -0.05) is 6.08 Å². The van der Waals surface area contributed by atoms with E-state index in [4.69, 9.17) is 5.11 Å². The first-order valence-electron chi connectivity index (χ1n) is 4.52. The van der Waals surface area contributed by atoms with Crippen LogP contribution in [0.2, 0.25) is 0 Å². The van der Waals surface area contributed by atoms with Gasteiger partial charge in [0.05, 0.1) is 12.2 Å². The Morgan fingerprint density at radius 2 is 2.00 bits per heavy atom. The first-order valence-corrected chi connectivity index (χ1v) is 4.52. The van der Waals surface area contributed by atoms with Crippen molar-refractivity contribution in [3.63, 3.8) is 0 Å². The van der Waals surface area contributed by atoms with Crippen molar-refractivity contribution in [2.45, 2.75) is 37.6 Å². The first-order chi connectivity index (χ1) is 6.58. The van der Waals surface area contributed by atoms with Crippen LogP contribution in [0.3, 0.4) is 0 Å². The van der Waals surface area contributed by atoms with Crippen molar-refractivity contribution < 1.29 is 24.9 Å². The third-order valence-electron chi connectivity index (χ3n) is 2.10. The van der Waals surface area contributed by atoms with Crippen LogP contribution in [-0.2, 0) is 4.74 Å². The van der Waals surface area contributed by atoms with Crippen LogP contribution in [0.5, 0.6) is 0 Å². The van der Waals surface area contributed by atoms with Crippen molar-refractivity contribution in [1.29, 1.82) is 0 Å². The Bertz CT molecular complexity index is 225. The quantitative estimate of drug-likeness (QED) is 0.426. The van der Waals surface area contributed by atoms with Gasteiger partial charge < -0.3 is 20.1 Å². The largest absolute Gasteiger partial charge is 0.506 e. The van der Waals surface area contributed by atoms with E-state index in [0.29, 0.717) is 12.8 Å². The molecule has 0 spiro atoms. The fraction of sp³-hybridized carbons (Fsp3) is 0.667. The van der Waals surface area contributed by atoms with Crippen molar-refractivity contribution in [3.8, 4) is 0 Å². The Morgan fingerprint density at radius 1 is 1.29 bits per heavy atom. The third-order valence-corrected chi connectivity index (χ3v) is 2.10. The molecule has 3 unspecified atom stereocenters. The van der Waals surface area contributed by atoms with E-state index in [9.17, 15) is 15.0 Å². The fourth-order valence-electron chi connectivity index (χ4n) is 1.39. The zero-order valence-corrected chi connectivity index (χ0v) is 7.67. The summed E-state index contributed by atoms with van der Waals surface area (Å²) in [7, 11) is 0. The van der Waals surface area contributed by atoms with E-state index >= 15 is 0 Å². The van der Waals surface area contributed by atoms with Crippen LogP contribution in [0.25, 0.3) is 0 Å². The number of carboxylic acid groups (broad SMARTS) is 1. The lowest BCUT2D eigenvalue weighted by atomic mass is 10.00.